The fourth-order valence-electron chi connectivity index (χ4n) is 5.59. The number of benzene rings is 3. The molecule has 0 atom stereocenters. The van der Waals surface area contributed by atoms with E-state index in [0.717, 1.165) is 32.0 Å². The first-order chi connectivity index (χ1) is 23.6. The van der Waals surface area contributed by atoms with Crippen LogP contribution in [0.4, 0.5) is 14.5 Å². The summed E-state index contributed by atoms with van der Waals surface area (Å²) in [6.07, 6.45) is 4.96. The van der Waals surface area contributed by atoms with E-state index in [4.69, 9.17) is 18.6 Å². The molecule has 3 heterocycles. The van der Waals surface area contributed by atoms with Gasteiger partial charge in [-0.15, -0.1) is 10.2 Å². The third-order valence-corrected chi connectivity index (χ3v) is 8.77. The average Bonchev–Trinajstić information content (AvgIpc) is 3.60. The van der Waals surface area contributed by atoms with Gasteiger partial charge < -0.3 is 28.8 Å². The Hall–Kier alpha value is -5.10. The number of nitrogens with zero attached hydrogens (tertiary/aromatic N) is 4. The van der Waals surface area contributed by atoms with Crippen LogP contribution in [0.15, 0.2) is 71.3 Å². The molecule has 2 aromatic heterocycles. The van der Waals surface area contributed by atoms with Crippen molar-refractivity contribution in [1.29, 1.82) is 0 Å². The van der Waals surface area contributed by atoms with Gasteiger partial charge in [-0.1, -0.05) is 6.92 Å². The van der Waals surface area contributed by atoms with E-state index in [1.807, 2.05) is 0 Å². The molecule has 1 saturated heterocycles. The number of hydrogen-bond donors (Lipinski definition) is 1. The standard InChI is InChI=1S/C37H39F2N5O5/c1-23-13-17-44(18-14-23)16-5-19-47-33-22-29-27(21-32(33)46-4)30(12-15-40-29)48-31-11-10-26(20-28(31)39)41-35(45)37(2,3)36-43-42-34(49-36)24-6-8-25(38)9-7-24/h6-12,15,20-23H,5,13-14,16-19H2,1-4H3,(H,41,45). The molecule has 1 aliphatic rings. The highest BCUT2D eigenvalue weighted by molar-refractivity contribution is 5.98. The molecule has 1 aliphatic heterocycles. The fourth-order valence-corrected chi connectivity index (χ4v) is 5.59. The van der Waals surface area contributed by atoms with Crippen LogP contribution in [0.3, 0.4) is 0 Å². The monoisotopic (exact) mass is 671 g/mol. The fraction of sp³-hybridized carbons (Fsp3) is 0.351. The van der Waals surface area contributed by atoms with Crippen molar-refractivity contribution in [3.05, 3.63) is 84.4 Å². The zero-order valence-corrected chi connectivity index (χ0v) is 28.0. The molecule has 10 nitrogen and oxygen atoms in total. The number of fused-ring (bicyclic) bond motifs is 1. The lowest BCUT2D eigenvalue weighted by molar-refractivity contribution is -0.121. The summed E-state index contributed by atoms with van der Waals surface area (Å²) >= 11 is 0. The summed E-state index contributed by atoms with van der Waals surface area (Å²) in [5, 5.41) is 11.3. The van der Waals surface area contributed by atoms with Gasteiger partial charge in [-0.25, -0.2) is 8.78 Å². The Morgan fingerprint density at radius 2 is 1.76 bits per heavy atom. The molecule has 0 spiro atoms. The summed E-state index contributed by atoms with van der Waals surface area (Å²) in [7, 11) is 1.57. The molecule has 0 aliphatic carbocycles. The Balaban J connectivity index is 1.11. The second-order valence-electron chi connectivity index (χ2n) is 12.8. The zero-order chi connectivity index (χ0) is 34.5. The lowest BCUT2D eigenvalue weighted by atomic mass is 9.92. The summed E-state index contributed by atoms with van der Waals surface area (Å²) in [5.41, 5.74) is 0.0600. The second-order valence-corrected chi connectivity index (χ2v) is 12.8. The quantitative estimate of drug-likeness (QED) is 0.133. The van der Waals surface area contributed by atoms with Crippen molar-refractivity contribution in [3.8, 4) is 34.5 Å². The largest absolute Gasteiger partial charge is 0.493 e. The van der Waals surface area contributed by atoms with Crippen molar-refractivity contribution in [2.45, 2.75) is 45.4 Å². The normalized spacial score (nSPS) is 14.2. The number of nitrogens with one attached hydrogen (secondary N) is 1. The predicted octanol–water partition coefficient (Wildman–Crippen LogP) is 7.78. The van der Waals surface area contributed by atoms with Gasteiger partial charge in [0.2, 0.25) is 17.7 Å². The number of piperidine rings is 1. The van der Waals surface area contributed by atoms with E-state index in [1.54, 1.807) is 45.4 Å². The third kappa shape index (κ3) is 7.80. The molecule has 1 fully saturated rings. The van der Waals surface area contributed by atoms with E-state index >= 15 is 4.39 Å². The highest BCUT2D eigenvalue weighted by Crippen LogP contribution is 2.38. The van der Waals surface area contributed by atoms with Crippen LogP contribution in [0, 0.1) is 17.6 Å². The summed E-state index contributed by atoms with van der Waals surface area (Å²) < 4.78 is 52.1. The van der Waals surface area contributed by atoms with Crippen LogP contribution in [-0.2, 0) is 10.2 Å². The molecule has 0 bridgehead atoms. The minimum Gasteiger partial charge on any atom is -0.493 e. The maximum absolute atomic E-state index is 15.4. The first kappa shape index (κ1) is 33.8. The average molecular weight is 672 g/mol. The molecular weight excluding hydrogens is 632 g/mol. The number of anilines is 1. The maximum atomic E-state index is 15.4. The Morgan fingerprint density at radius 1 is 0.980 bits per heavy atom. The van der Waals surface area contributed by atoms with Gasteiger partial charge in [-0.05, 0) is 101 Å². The van der Waals surface area contributed by atoms with Crippen LogP contribution in [-0.4, -0.2) is 59.3 Å². The maximum Gasteiger partial charge on any atom is 0.247 e. The van der Waals surface area contributed by atoms with Gasteiger partial charge in [0.1, 0.15) is 17.0 Å². The predicted molar refractivity (Wildman–Crippen MR) is 181 cm³/mol. The zero-order valence-electron chi connectivity index (χ0n) is 28.0. The Labute approximate surface area is 283 Å². The van der Waals surface area contributed by atoms with E-state index in [-0.39, 0.29) is 23.2 Å². The number of halogens is 2. The second kappa shape index (κ2) is 14.6. The van der Waals surface area contributed by atoms with Crippen LogP contribution >= 0.6 is 0 Å². The Bertz CT molecular complexity index is 1920. The molecule has 0 saturated carbocycles. The summed E-state index contributed by atoms with van der Waals surface area (Å²) in [6, 6.07) is 14.9. The first-order valence-corrected chi connectivity index (χ1v) is 16.3. The molecule has 49 heavy (non-hydrogen) atoms. The van der Waals surface area contributed by atoms with Crippen molar-refractivity contribution in [2.24, 2.45) is 5.92 Å². The number of likely N-dealkylation sites (tertiary alicyclic amines) is 1. The molecule has 256 valence electrons. The molecular formula is C37H39F2N5O5. The summed E-state index contributed by atoms with van der Waals surface area (Å²) in [6.45, 7) is 9.31. The van der Waals surface area contributed by atoms with Gasteiger partial charge in [0.05, 0.1) is 19.2 Å². The van der Waals surface area contributed by atoms with E-state index in [0.29, 0.717) is 40.3 Å². The van der Waals surface area contributed by atoms with Crippen molar-refractivity contribution in [3.63, 3.8) is 0 Å². The van der Waals surface area contributed by atoms with Gasteiger partial charge in [0.25, 0.3) is 0 Å². The number of amides is 1. The van der Waals surface area contributed by atoms with Gasteiger partial charge in [0.15, 0.2) is 23.1 Å². The Kier molecular flexibility index (Phi) is 10.0. The highest BCUT2D eigenvalue weighted by Gasteiger charge is 2.36. The lowest BCUT2D eigenvalue weighted by Crippen LogP contribution is -2.35. The molecule has 6 rings (SSSR count). The molecule has 0 unspecified atom stereocenters. The molecule has 5 aromatic rings. The Morgan fingerprint density at radius 3 is 2.49 bits per heavy atom. The molecule has 1 N–H and O–H groups in total. The van der Waals surface area contributed by atoms with Crippen LogP contribution in [0.2, 0.25) is 0 Å². The van der Waals surface area contributed by atoms with Crippen molar-refractivity contribution >= 4 is 22.5 Å². The van der Waals surface area contributed by atoms with Crippen molar-refractivity contribution in [1.82, 2.24) is 20.1 Å². The number of hydrogen-bond acceptors (Lipinski definition) is 9. The van der Waals surface area contributed by atoms with Gasteiger partial charge in [-0.3, -0.25) is 9.78 Å². The number of methoxy groups -OCH3 is 1. The number of aromatic nitrogens is 3. The van der Waals surface area contributed by atoms with E-state index in [2.05, 4.69) is 32.3 Å². The van der Waals surface area contributed by atoms with Crippen LogP contribution < -0.4 is 19.5 Å². The van der Waals surface area contributed by atoms with Crippen LogP contribution in [0.25, 0.3) is 22.4 Å². The van der Waals surface area contributed by atoms with Crippen molar-refractivity contribution < 1.29 is 32.2 Å². The molecule has 12 heteroatoms. The smallest absolute Gasteiger partial charge is 0.247 e. The topological polar surface area (TPSA) is 112 Å². The first-order valence-electron chi connectivity index (χ1n) is 16.3. The SMILES string of the molecule is COc1cc2c(Oc3ccc(NC(=O)C(C)(C)c4nnc(-c5ccc(F)cc5)o4)cc3F)ccnc2cc1OCCCN1CCC(C)CC1. The van der Waals surface area contributed by atoms with Gasteiger partial charge in [0, 0.05) is 41.5 Å². The van der Waals surface area contributed by atoms with Crippen LogP contribution in [0.1, 0.15) is 45.9 Å². The minimum absolute atomic E-state index is 0.0444. The van der Waals surface area contributed by atoms with E-state index < -0.39 is 23.0 Å². The molecule has 3 aromatic carbocycles. The number of ether oxygens (including phenoxy) is 3. The van der Waals surface area contributed by atoms with E-state index in [1.165, 1.54) is 55.3 Å². The minimum atomic E-state index is -1.26. The molecule has 0 radical (unpaired) electrons. The van der Waals surface area contributed by atoms with E-state index in [9.17, 15) is 9.18 Å². The van der Waals surface area contributed by atoms with Gasteiger partial charge >= 0.3 is 0 Å². The highest BCUT2D eigenvalue weighted by atomic mass is 19.1. The summed E-state index contributed by atoms with van der Waals surface area (Å²) in [4.78, 5) is 20.2. The number of rotatable bonds is 12. The summed E-state index contributed by atoms with van der Waals surface area (Å²) in [5.74, 6) is 0.830. The third-order valence-electron chi connectivity index (χ3n) is 8.77. The molecule has 1 amide bonds. The number of carbonyl (C=O) groups excluding carboxylic acids is 1. The number of pyridine rings is 1. The van der Waals surface area contributed by atoms with Crippen molar-refractivity contribution in [2.75, 3.05) is 38.7 Å². The lowest BCUT2D eigenvalue weighted by Gasteiger charge is -2.30. The number of carbonyl (C=O) groups is 1. The van der Waals surface area contributed by atoms with Crippen LogP contribution in [0.5, 0.6) is 23.0 Å². The van der Waals surface area contributed by atoms with Gasteiger partial charge in [-0.2, -0.15) is 0 Å².